The maximum Gasteiger partial charge on any atom is 0.335 e. The summed E-state index contributed by atoms with van der Waals surface area (Å²) in [5.41, 5.74) is 2.84. The van der Waals surface area contributed by atoms with E-state index < -0.39 is 11.9 Å². The van der Waals surface area contributed by atoms with E-state index in [1.807, 2.05) is 48.5 Å². The van der Waals surface area contributed by atoms with Crippen LogP contribution in [0.4, 0.5) is 0 Å². The van der Waals surface area contributed by atoms with Crippen molar-refractivity contribution in [2.45, 2.75) is 0 Å². The van der Waals surface area contributed by atoms with Crippen LogP contribution in [0.2, 0.25) is 0 Å². The van der Waals surface area contributed by atoms with Crippen LogP contribution < -0.4 is 0 Å². The maximum atomic E-state index is 11.3. The van der Waals surface area contributed by atoms with Crippen LogP contribution in [-0.4, -0.2) is 22.2 Å². The number of hydrogen-bond acceptors (Lipinski definition) is 2. The molecule has 0 saturated heterocycles. The summed E-state index contributed by atoms with van der Waals surface area (Å²) in [4.78, 5) is 22.6. The third kappa shape index (κ3) is 4.06. The highest BCUT2D eigenvalue weighted by Gasteiger charge is 2.12. The Hall–Kier alpha value is -4.36. The molecule has 0 aromatic heterocycles. The number of carboxylic acid groups (broad SMARTS) is 2. The van der Waals surface area contributed by atoms with E-state index in [9.17, 15) is 19.8 Å². The lowest BCUT2D eigenvalue weighted by Crippen LogP contribution is -2.03. The zero-order valence-corrected chi connectivity index (χ0v) is 15.8. The van der Waals surface area contributed by atoms with E-state index in [4.69, 9.17) is 0 Å². The van der Waals surface area contributed by atoms with Crippen LogP contribution in [-0.2, 0) is 0 Å². The van der Waals surface area contributed by atoms with Crippen LogP contribution in [0.5, 0.6) is 0 Å². The molecule has 0 fully saturated rings. The quantitative estimate of drug-likeness (QED) is 0.464. The number of aromatic carboxylic acids is 2. The van der Waals surface area contributed by atoms with E-state index in [2.05, 4.69) is 17.9 Å². The number of rotatable bonds is 3. The molecule has 0 radical (unpaired) electrons. The van der Waals surface area contributed by atoms with Crippen molar-refractivity contribution in [3.63, 3.8) is 0 Å². The van der Waals surface area contributed by atoms with Crippen molar-refractivity contribution < 1.29 is 19.8 Å². The lowest BCUT2D eigenvalue weighted by Gasteiger charge is -2.06. The van der Waals surface area contributed by atoms with Crippen molar-refractivity contribution in [2.24, 2.45) is 0 Å². The van der Waals surface area contributed by atoms with Gasteiger partial charge in [0.15, 0.2) is 0 Å². The lowest BCUT2D eigenvalue weighted by molar-refractivity contribution is 0.0696. The topological polar surface area (TPSA) is 74.6 Å². The monoisotopic (exact) mass is 392 g/mol. The third-order valence-corrected chi connectivity index (χ3v) is 4.75. The average molecular weight is 392 g/mol. The summed E-state index contributed by atoms with van der Waals surface area (Å²) in [6.45, 7) is 0. The lowest BCUT2D eigenvalue weighted by atomic mass is 9.99. The first kappa shape index (κ1) is 19.0. The SMILES string of the molecule is O=C(O)c1cc(C(=O)O)cc(-c2ccc(C#Cc3ccc4ccccc4c3)cc2)c1. The molecular formula is C26H16O4. The number of carbonyl (C=O) groups is 2. The normalized spacial score (nSPS) is 10.3. The smallest absolute Gasteiger partial charge is 0.335 e. The number of benzene rings is 4. The Labute approximate surface area is 173 Å². The standard InChI is InChI=1S/C26H16O4/c27-25(28)23-14-22(15-24(16-23)26(29)30)20-10-7-17(8-11-20)5-6-18-9-12-19-3-1-2-4-21(19)13-18/h1-4,7-16H,(H,27,28)(H,29,30). The molecule has 0 amide bonds. The molecule has 0 saturated carbocycles. The zero-order valence-electron chi connectivity index (χ0n) is 15.8. The molecule has 0 aliphatic heterocycles. The Morgan fingerprint density at radius 1 is 0.567 bits per heavy atom. The summed E-state index contributed by atoms with van der Waals surface area (Å²) in [5.74, 6) is 3.94. The van der Waals surface area contributed by atoms with Gasteiger partial charge in [-0.2, -0.15) is 0 Å². The fraction of sp³-hybridized carbons (Fsp3) is 0. The van der Waals surface area contributed by atoms with Gasteiger partial charge in [0.1, 0.15) is 0 Å². The van der Waals surface area contributed by atoms with Gasteiger partial charge in [0, 0.05) is 11.1 Å². The molecule has 0 atom stereocenters. The second kappa shape index (κ2) is 7.94. The van der Waals surface area contributed by atoms with Crippen LogP contribution in [0.15, 0.2) is 84.9 Å². The van der Waals surface area contributed by atoms with E-state index in [-0.39, 0.29) is 11.1 Å². The molecule has 0 aliphatic rings. The van der Waals surface area contributed by atoms with Crippen molar-refractivity contribution in [3.8, 4) is 23.0 Å². The highest BCUT2D eigenvalue weighted by molar-refractivity contribution is 5.96. The Morgan fingerprint density at radius 3 is 1.77 bits per heavy atom. The molecular weight excluding hydrogens is 376 g/mol. The Balaban J connectivity index is 1.63. The molecule has 2 N–H and O–H groups in total. The molecule has 0 aliphatic carbocycles. The number of fused-ring (bicyclic) bond motifs is 1. The van der Waals surface area contributed by atoms with E-state index in [0.717, 1.165) is 33.5 Å². The van der Waals surface area contributed by atoms with Crippen molar-refractivity contribution in [1.29, 1.82) is 0 Å². The summed E-state index contributed by atoms with van der Waals surface area (Å²) in [6, 6.07) is 25.5. The molecule has 144 valence electrons. The molecule has 30 heavy (non-hydrogen) atoms. The maximum absolute atomic E-state index is 11.3. The van der Waals surface area contributed by atoms with Gasteiger partial charge in [-0.3, -0.25) is 0 Å². The predicted octanol–water partition coefficient (Wildman–Crippen LogP) is 5.30. The van der Waals surface area contributed by atoms with Crippen LogP contribution in [0.3, 0.4) is 0 Å². The first-order chi connectivity index (χ1) is 14.5. The Morgan fingerprint density at radius 2 is 1.13 bits per heavy atom. The summed E-state index contributed by atoms with van der Waals surface area (Å²) in [6.07, 6.45) is 0. The van der Waals surface area contributed by atoms with Gasteiger partial charge >= 0.3 is 11.9 Å². The van der Waals surface area contributed by atoms with Crippen LogP contribution in [0.1, 0.15) is 31.8 Å². The zero-order chi connectivity index (χ0) is 21.1. The first-order valence-electron chi connectivity index (χ1n) is 9.22. The Kier molecular flexibility index (Phi) is 5.02. The van der Waals surface area contributed by atoms with E-state index >= 15 is 0 Å². The summed E-state index contributed by atoms with van der Waals surface area (Å²) in [5, 5.41) is 20.8. The van der Waals surface area contributed by atoms with Crippen LogP contribution in [0, 0.1) is 11.8 Å². The second-order valence-corrected chi connectivity index (χ2v) is 6.80. The number of carboxylic acids is 2. The summed E-state index contributed by atoms with van der Waals surface area (Å²) in [7, 11) is 0. The molecule has 0 spiro atoms. The molecule has 4 nitrogen and oxygen atoms in total. The fourth-order valence-corrected chi connectivity index (χ4v) is 3.20. The summed E-state index contributed by atoms with van der Waals surface area (Å²) < 4.78 is 0. The molecule has 4 aromatic carbocycles. The second-order valence-electron chi connectivity index (χ2n) is 6.80. The van der Waals surface area contributed by atoms with Gasteiger partial charge in [-0.25, -0.2) is 9.59 Å². The molecule has 0 heterocycles. The van der Waals surface area contributed by atoms with Gasteiger partial charge in [0.05, 0.1) is 11.1 Å². The minimum atomic E-state index is -1.17. The fourth-order valence-electron chi connectivity index (χ4n) is 3.20. The van der Waals surface area contributed by atoms with Crippen molar-refractivity contribution >= 4 is 22.7 Å². The van der Waals surface area contributed by atoms with Crippen LogP contribution in [0.25, 0.3) is 21.9 Å². The highest BCUT2D eigenvalue weighted by atomic mass is 16.4. The minimum Gasteiger partial charge on any atom is -0.478 e. The molecule has 4 heteroatoms. The third-order valence-electron chi connectivity index (χ3n) is 4.75. The molecule has 4 aromatic rings. The van der Waals surface area contributed by atoms with Gasteiger partial charge in [0.2, 0.25) is 0 Å². The summed E-state index contributed by atoms with van der Waals surface area (Å²) >= 11 is 0. The van der Waals surface area contributed by atoms with Gasteiger partial charge in [-0.05, 0) is 64.4 Å². The van der Waals surface area contributed by atoms with Crippen molar-refractivity contribution in [2.75, 3.05) is 0 Å². The molecule has 0 bridgehead atoms. The molecule has 0 unspecified atom stereocenters. The van der Waals surface area contributed by atoms with Crippen molar-refractivity contribution in [3.05, 3.63) is 107 Å². The largest absolute Gasteiger partial charge is 0.478 e. The van der Waals surface area contributed by atoms with E-state index in [0.29, 0.717) is 5.56 Å². The van der Waals surface area contributed by atoms with E-state index in [1.165, 1.54) is 12.1 Å². The predicted molar refractivity (Wildman–Crippen MR) is 116 cm³/mol. The van der Waals surface area contributed by atoms with Crippen LogP contribution >= 0.6 is 0 Å². The van der Waals surface area contributed by atoms with Gasteiger partial charge in [-0.15, -0.1) is 0 Å². The van der Waals surface area contributed by atoms with Crippen molar-refractivity contribution in [1.82, 2.24) is 0 Å². The molecule has 4 rings (SSSR count). The minimum absolute atomic E-state index is 0.0647. The number of hydrogen-bond donors (Lipinski definition) is 2. The van der Waals surface area contributed by atoms with E-state index in [1.54, 1.807) is 12.1 Å². The van der Waals surface area contributed by atoms with Gasteiger partial charge in [0.25, 0.3) is 0 Å². The first-order valence-corrected chi connectivity index (χ1v) is 9.22. The van der Waals surface area contributed by atoms with Gasteiger partial charge < -0.3 is 10.2 Å². The Bertz CT molecular complexity index is 1310. The van der Waals surface area contributed by atoms with Gasteiger partial charge in [-0.1, -0.05) is 54.3 Å². The average Bonchev–Trinajstić information content (AvgIpc) is 2.77. The highest BCUT2D eigenvalue weighted by Crippen LogP contribution is 2.23.